The van der Waals surface area contributed by atoms with Crippen molar-refractivity contribution < 1.29 is 14.7 Å². The lowest BCUT2D eigenvalue weighted by atomic mass is 10.3. The number of carboxylic acids is 1. The van der Waals surface area contributed by atoms with Gasteiger partial charge in [-0.15, -0.1) is 11.3 Å². The smallest absolute Gasteiger partial charge is 0.328 e. The third-order valence-corrected chi connectivity index (χ3v) is 3.35. The Morgan fingerprint density at radius 1 is 1.59 bits per heavy atom. The molecule has 0 aliphatic rings. The predicted octanol–water partition coefficient (Wildman–Crippen LogP) is 1.52. The van der Waals surface area contributed by atoms with Crippen LogP contribution in [0.5, 0.6) is 0 Å². The number of carbonyl (C=O) groups is 2. The highest BCUT2D eigenvalue weighted by atomic mass is 32.1. The number of aromatic nitrogens is 1. The molecule has 1 amide bonds. The van der Waals surface area contributed by atoms with Crippen molar-refractivity contribution in [3.05, 3.63) is 28.2 Å². The fraction of sp³-hybridized carbons (Fsp3) is 0.364. The molecule has 0 fully saturated rings. The van der Waals surface area contributed by atoms with Gasteiger partial charge in [0.05, 0.1) is 6.04 Å². The highest BCUT2D eigenvalue weighted by molar-refractivity contribution is 7.11. The number of carbonyl (C=O) groups excluding carboxylic acids is 1. The number of amides is 1. The Kier molecular flexibility index (Phi) is 4.84. The zero-order valence-electron chi connectivity index (χ0n) is 9.64. The van der Waals surface area contributed by atoms with Crippen LogP contribution in [0.25, 0.3) is 0 Å². The van der Waals surface area contributed by atoms with E-state index in [1.165, 1.54) is 0 Å². The molecule has 1 unspecified atom stereocenters. The van der Waals surface area contributed by atoms with E-state index in [0.29, 0.717) is 0 Å². The lowest BCUT2D eigenvalue weighted by molar-refractivity contribution is -0.131. The summed E-state index contributed by atoms with van der Waals surface area (Å²) in [7, 11) is 0. The number of aliphatic carboxylic acids is 1. The molecule has 0 bridgehead atoms. The van der Waals surface area contributed by atoms with E-state index >= 15 is 0 Å². The Morgan fingerprint density at radius 3 is 2.82 bits per heavy atom. The summed E-state index contributed by atoms with van der Waals surface area (Å²) in [5.41, 5.74) is 0. The Labute approximate surface area is 103 Å². The van der Waals surface area contributed by atoms with Crippen molar-refractivity contribution in [2.24, 2.45) is 0 Å². The molecule has 5 nitrogen and oxygen atoms in total. The standard InChI is InChI=1S/C11H14N2O3S/c1-3-8-6-12-11(17-8)7(2)13-9(14)4-5-10(15)16/h4-7H,3H2,1-2H3,(H,13,14)(H,15,16)/b5-4+. The molecule has 0 aromatic carbocycles. The van der Waals surface area contributed by atoms with Crippen LogP contribution in [0.4, 0.5) is 0 Å². The predicted molar refractivity (Wildman–Crippen MR) is 64.8 cm³/mol. The van der Waals surface area contributed by atoms with Gasteiger partial charge in [0, 0.05) is 23.2 Å². The van der Waals surface area contributed by atoms with E-state index in [1.807, 2.05) is 13.8 Å². The molecule has 0 aliphatic heterocycles. The summed E-state index contributed by atoms with van der Waals surface area (Å²) in [5, 5.41) is 11.8. The van der Waals surface area contributed by atoms with E-state index in [0.717, 1.165) is 28.5 Å². The molecule has 1 rings (SSSR count). The highest BCUT2D eigenvalue weighted by Gasteiger charge is 2.11. The van der Waals surface area contributed by atoms with Crippen LogP contribution in [-0.4, -0.2) is 22.0 Å². The molecule has 1 heterocycles. The minimum absolute atomic E-state index is 0.216. The third kappa shape index (κ3) is 4.36. The average molecular weight is 254 g/mol. The number of hydrogen-bond donors (Lipinski definition) is 2. The van der Waals surface area contributed by atoms with Crippen molar-refractivity contribution in [2.45, 2.75) is 26.3 Å². The monoisotopic (exact) mass is 254 g/mol. The van der Waals surface area contributed by atoms with E-state index < -0.39 is 11.9 Å². The molecular formula is C11H14N2O3S. The van der Waals surface area contributed by atoms with Gasteiger partial charge in [0.1, 0.15) is 5.01 Å². The van der Waals surface area contributed by atoms with E-state index in [2.05, 4.69) is 10.3 Å². The second kappa shape index (κ2) is 6.15. The summed E-state index contributed by atoms with van der Waals surface area (Å²) in [6.07, 6.45) is 4.50. The Balaban J connectivity index is 2.56. The quantitative estimate of drug-likeness (QED) is 0.781. The maximum atomic E-state index is 11.3. The first-order valence-electron chi connectivity index (χ1n) is 5.19. The van der Waals surface area contributed by atoms with Gasteiger partial charge in [-0.2, -0.15) is 0 Å². The van der Waals surface area contributed by atoms with E-state index in [4.69, 9.17) is 5.11 Å². The zero-order valence-corrected chi connectivity index (χ0v) is 10.5. The second-order valence-electron chi connectivity index (χ2n) is 3.42. The van der Waals surface area contributed by atoms with Gasteiger partial charge < -0.3 is 10.4 Å². The van der Waals surface area contributed by atoms with Crippen molar-refractivity contribution in [1.82, 2.24) is 10.3 Å². The molecule has 6 heteroatoms. The van der Waals surface area contributed by atoms with Gasteiger partial charge in [-0.3, -0.25) is 4.79 Å². The molecular weight excluding hydrogens is 240 g/mol. The third-order valence-electron chi connectivity index (χ3n) is 2.03. The molecule has 0 saturated carbocycles. The lowest BCUT2D eigenvalue weighted by Gasteiger charge is -2.08. The van der Waals surface area contributed by atoms with Crippen LogP contribution >= 0.6 is 11.3 Å². The SMILES string of the molecule is CCc1cnc(C(C)NC(=O)/C=C/C(=O)O)s1. The van der Waals surface area contributed by atoms with E-state index in [-0.39, 0.29) is 6.04 Å². The normalized spacial score (nSPS) is 12.6. The number of thiazole rings is 1. The van der Waals surface area contributed by atoms with Crippen molar-refractivity contribution in [3.63, 3.8) is 0 Å². The van der Waals surface area contributed by atoms with Crippen molar-refractivity contribution in [3.8, 4) is 0 Å². The summed E-state index contributed by atoms with van der Waals surface area (Å²) in [6, 6.07) is -0.216. The maximum Gasteiger partial charge on any atom is 0.328 e. The molecule has 1 aromatic rings. The number of aryl methyl sites for hydroxylation is 1. The van der Waals surface area contributed by atoms with Gasteiger partial charge in [0.15, 0.2) is 0 Å². The number of nitrogens with zero attached hydrogens (tertiary/aromatic N) is 1. The van der Waals surface area contributed by atoms with Gasteiger partial charge >= 0.3 is 5.97 Å². The Bertz CT molecular complexity index is 440. The first kappa shape index (κ1) is 13.4. The van der Waals surface area contributed by atoms with Crippen LogP contribution in [0, 0.1) is 0 Å². The van der Waals surface area contributed by atoms with Crippen molar-refractivity contribution >= 4 is 23.2 Å². The van der Waals surface area contributed by atoms with Gasteiger partial charge in [-0.1, -0.05) is 6.92 Å². The molecule has 92 valence electrons. The molecule has 2 N–H and O–H groups in total. The summed E-state index contributed by atoms with van der Waals surface area (Å²) in [4.78, 5) is 26.9. The molecule has 0 spiro atoms. The van der Waals surface area contributed by atoms with Crippen LogP contribution in [0.1, 0.15) is 29.8 Å². The Morgan fingerprint density at radius 2 is 2.29 bits per heavy atom. The van der Waals surface area contributed by atoms with Gasteiger partial charge in [-0.05, 0) is 13.3 Å². The molecule has 0 saturated heterocycles. The molecule has 1 atom stereocenters. The minimum Gasteiger partial charge on any atom is -0.478 e. The minimum atomic E-state index is -1.14. The maximum absolute atomic E-state index is 11.3. The summed E-state index contributed by atoms with van der Waals surface area (Å²) < 4.78 is 0. The fourth-order valence-corrected chi connectivity index (χ4v) is 2.02. The van der Waals surface area contributed by atoms with Crippen molar-refractivity contribution in [1.29, 1.82) is 0 Å². The fourth-order valence-electron chi connectivity index (χ4n) is 1.16. The van der Waals surface area contributed by atoms with Gasteiger partial charge in [0.25, 0.3) is 0 Å². The first-order valence-corrected chi connectivity index (χ1v) is 6.00. The summed E-state index contributed by atoms with van der Waals surface area (Å²) in [5.74, 6) is -1.58. The van der Waals surface area contributed by atoms with Crippen LogP contribution < -0.4 is 5.32 Å². The van der Waals surface area contributed by atoms with Crippen LogP contribution in [-0.2, 0) is 16.0 Å². The molecule has 17 heavy (non-hydrogen) atoms. The number of nitrogens with one attached hydrogen (secondary N) is 1. The van der Waals surface area contributed by atoms with Crippen LogP contribution in [0.3, 0.4) is 0 Å². The van der Waals surface area contributed by atoms with Gasteiger partial charge in [0.2, 0.25) is 5.91 Å². The van der Waals surface area contributed by atoms with Crippen molar-refractivity contribution in [2.75, 3.05) is 0 Å². The average Bonchev–Trinajstić information content (AvgIpc) is 2.74. The van der Waals surface area contributed by atoms with Crippen LogP contribution in [0.2, 0.25) is 0 Å². The van der Waals surface area contributed by atoms with Gasteiger partial charge in [-0.25, -0.2) is 9.78 Å². The van der Waals surface area contributed by atoms with Crippen LogP contribution in [0.15, 0.2) is 18.3 Å². The molecule has 0 radical (unpaired) electrons. The topological polar surface area (TPSA) is 79.3 Å². The number of hydrogen-bond acceptors (Lipinski definition) is 4. The molecule has 0 aliphatic carbocycles. The zero-order chi connectivity index (χ0) is 12.8. The second-order valence-corrected chi connectivity index (χ2v) is 4.57. The first-order chi connectivity index (χ1) is 8.02. The highest BCUT2D eigenvalue weighted by Crippen LogP contribution is 2.19. The summed E-state index contributed by atoms with van der Waals surface area (Å²) in [6.45, 7) is 3.85. The Hall–Kier alpha value is -1.69. The number of carboxylic acid groups (broad SMARTS) is 1. The number of rotatable bonds is 5. The largest absolute Gasteiger partial charge is 0.478 e. The summed E-state index contributed by atoms with van der Waals surface area (Å²) >= 11 is 1.54. The van der Waals surface area contributed by atoms with E-state index in [9.17, 15) is 9.59 Å². The molecule has 1 aromatic heterocycles. The lowest BCUT2D eigenvalue weighted by Crippen LogP contribution is -2.24. The van der Waals surface area contributed by atoms with E-state index in [1.54, 1.807) is 17.5 Å².